The molecule has 17 heavy (non-hydrogen) atoms. The lowest BCUT2D eigenvalue weighted by atomic mass is 10.1. The largest absolute Gasteiger partial charge is 0.387 e. The van der Waals surface area contributed by atoms with E-state index in [9.17, 15) is 17.2 Å². The molecule has 0 aromatic heterocycles. The maximum absolute atomic E-state index is 13.1. The number of rotatable bonds is 2. The van der Waals surface area contributed by atoms with Gasteiger partial charge in [-0.25, -0.2) is 17.2 Å². The van der Waals surface area contributed by atoms with Crippen LogP contribution in [0.5, 0.6) is 0 Å². The van der Waals surface area contributed by atoms with Gasteiger partial charge in [-0.2, -0.15) is 0 Å². The molecule has 1 fully saturated rings. The highest BCUT2D eigenvalue weighted by atomic mass is 32.2. The second-order valence-electron chi connectivity index (χ2n) is 3.91. The van der Waals surface area contributed by atoms with Gasteiger partial charge in [-0.1, -0.05) is 0 Å². The second-order valence-corrected chi connectivity index (χ2v) is 5.87. The molecule has 92 valence electrons. The molecule has 0 atom stereocenters. The van der Waals surface area contributed by atoms with Gasteiger partial charge in [0, 0.05) is 36.5 Å². The van der Waals surface area contributed by atoms with Gasteiger partial charge in [0.2, 0.25) is 0 Å². The summed E-state index contributed by atoms with van der Waals surface area (Å²) in [7, 11) is -3.53. The molecule has 0 saturated carbocycles. The van der Waals surface area contributed by atoms with Crippen molar-refractivity contribution in [1.82, 2.24) is 5.32 Å². The Hall–Kier alpha value is -1.43. The Bertz CT molecular complexity index is 567. The fourth-order valence-corrected chi connectivity index (χ4v) is 2.91. The van der Waals surface area contributed by atoms with Crippen molar-refractivity contribution in [3.05, 3.63) is 41.1 Å². The minimum atomic E-state index is -3.53. The first-order valence-electron chi connectivity index (χ1n) is 5.01. The van der Waals surface area contributed by atoms with E-state index < -0.39 is 21.5 Å². The summed E-state index contributed by atoms with van der Waals surface area (Å²) in [5, 5.41) is 2.85. The highest BCUT2D eigenvalue weighted by Crippen LogP contribution is 2.28. The van der Waals surface area contributed by atoms with Crippen LogP contribution in [0.25, 0.3) is 4.91 Å². The monoisotopic (exact) mass is 259 g/mol. The fourth-order valence-electron chi connectivity index (χ4n) is 1.74. The Balaban J connectivity index is 2.62. The van der Waals surface area contributed by atoms with E-state index >= 15 is 0 Å². The number of nitrogens with one attached hydrogen (secondary N) is 1. The van der Waals surface area contributed by atoms with E-state index in [2.05, 4.69) is 5.32 Å². The predicted octanol–water partition coefficient (Wildman–Crippen LogP) is 1.67. The number of halogens is 2. The van der Waals surface area contributed by atoms with E-state index in [1.54, 1.807) is 0 Å². The fraction of sp³-hybridized carbons (Fsp3) is 0.273. The van der Waals surface area contributed by atoms with Gasteiger partial charge in [-0.05, 0) is 12.1 Å². The summed E-state index contributed by atoms with van der Waals surface area (Å²) in [6, 6.07) is 2.75. The van der Waals surface area contributed by atoms with Crippen molar-refractivity contribution in [2.24, 2.45) is 0 Å². The lowest BCUT2D eigenvalue weighted by Crippen LogP contribution is -2.30. The summed E-state index contributed by atoms with van der Waals surface area (Å²) < 4.78 is 49.5. The van der Waals surface area contributed by atoms with Gasteiger partial charge in [-0.3, -0.25) is 0 Å². The molecule has 1 aliphatic heterocycles. The van der Waals surface area contributed by atoms with Gasteiger partial charge in [0.25, 0.3) is 0 Å². The Morgan fingerprint density at radius 2 is 1.76 bits per heavy atom. The zero-order chi connectivity index (χ0) is 12.6. The van der Waals surface area contributed by atoms with Crippen molar-refractivity contribution in [3.8, 4) is 0 Å². The molecule has 0 unspecified atom stereocenters. The zero-order valence-corrected chi connectivity index (χ0v) is 9.94. The number of sulfone groups is 1. The van der Waals surface area contributed by atoms with E-state index in [0.717, 1.165) is 18.4 Å². The Labute approximate surface area is 98.1 Å². The summed E-state index contributed by atoms with van der Waals surface area (Å²) in [6.07, 6.45) is 1.60. The third-order valence-corrected chi connectivity index (χ3v) is 3.71. The molecule has 0 aliphatic carbocycles. The van der Waals surface area contributed by atoms with Crippen LogP contribution in [-0.2, 0) is 9.84 Å². The molecule has 0 spiro atoms. The predicted molar refractivity (Wildman–Crippen MR) is 60.7 cm³/mol. The smallest absolute Gasteiger partial charge is 0.177 e. The van der Waals surface area contributed by atoms with E-state index in [1.165, 1.54) is 0 Å². The van der Waals surface area contributed by atoms with E-state index in [4.69, 9.17) is 0 Å². The third kappa shape index (κ3) is 2.46. The molecule has 1 heterocycles. The van der Waals surface area contributed by atoms with Gasteiger partial charge < -0.3 is 5.32 Å². The first-order chi connectivity index (χ1) is 7.88. The SMILES string of the molecule is CS(=O)(=O)C(=C1CCN1)c1cc(F)cc(F)c1. The lowest BCUT2D eigenvalue weighted by molar-refractivity contribution is 0.582. The highest BCUT2D eigenvalue weighted by Gasteiger charge is 2.24. The first kappa shape index (κ1) is 12.0. The molecule has 0 bridgehead atoms. The van der Waals surface area contributed by atoms with Crippen LogP contribution in [0, 0.1) is 11.6 Å². The zero-order valence-electron chi connectivity index (χ0n) is 9.13. The molecule has 0 radical (unpaired) electrons. The molecule has 1 aromatic rings. The Morgan fingerprint density at radius 3 is 2.12 bits per heavy atom. The van der Waals surface area contributed by atoms with Crippen LogP contribution < -0.4 is 5.32 Å². The maximum Gasteiger partial charge on any atom is 0.177 e. The molecular weight excluding hydrogens is 248 g/mol. The maximum atomic E-state index is 13.1. The van der Waals surface area contributed by atoms with E-state index in [0.29, 0.717) is 24.7 Å². The summed E-state index contributed by atoms with van der Waals surface area (Å²) in [5.74, 6) is -1.58. The second kappa shape index (κ2) is 4.10. The standard InChI is InChI=1S/C11H11F2NO2S/c1-17(15,16)11(10-2-3-14-10)7-4-8(12)6-9(13)5-7/h4-6,14H,2-3H2,1H3. The molecule has 1 saturated heterocycles. The molecule has 3 nitrogen and oxygen atoms in total. The number of hydrogen-bond acceptors (Lipinski definition) is 3. The third-order valence-electron chi connectivity index (χ3n) is 2.48. The van der Waals surface area contributed by atoms with Crippen molar-refractivity contribution >= 4 is 14.7 Å². The van der Waals surface area contributed by atoms with Gasteiger partial charge in [0.1, 0.15) is 11.6 Å². The minimum Gasteiger partial charge on any atom is -0.387 e. The van der Waals surface area contributed by atoms with E-state index in [-0.39, 0.29) is 10.5 Å². The van der Waals surface area contributed by atoms with Crippen molar-refractivity contribution in [1.29, 1.82) is 0 Å². The minimum absolute atomic E-state index is 0.0258. The van der Waals surface area contributed by atoms with Gasteiger partial charge in [0.15, 0.2) is 9.84 Å². The normalized spacial score (nSPS) is 18.3. The highest BCUT2D eigenvalue weighted by molar-refractivity contribution is 8.00. The average molecular weight is 259 g/mol. The van der Waals surface area contributed by atoms with Gasteiger partial charge in [0.05, 0.1) is 4.91 Å². The molecule has 1 N–H and O–H groups in total. The topological polar surface area (TPSA) is 46.2 Å². The molecular formula is C11H11F2NO2S. The summed E-state index contributed by atoms with van der Waals surface area (Å²) in [6.45, 7) is 0.673. The van der Waals surface area contributed by atoms with Crippen molar-refractivity contribution < 1.29 is 17.2 Å². The van der Waals surface area contributed by atoms with Crippen LogP contribution in [0.2, 0.25) is 0 Å². The summed E-state index contributed by atoms with van der Waals surface area (Å²) in [5.41, 5.74) is 0.560. The Kier molecular flexibility index (Phi) is 2.91. The van der Waals surface area contributed by atoms with Crippen molar-refractivity contribution in [2.75, 3.05) is 12.8 Å². The van der Waals surface area contributed by atoms with E-state index in [1.807, 2.05) is 0 Å². The molecule has 1 aliphatic rings. The average Bonchev–Trinajstić information content (AvgIpc) is 2.06. The number of hydrogen-bond donors (Lipinski definition) is 1. The van der Waals surface area contributed by atoms with Crippen molar-refractivity contribution in [3.63, 3.8) is 0 Å². The van der Waals surface area contributed by atoms with Crippen LogP contribution in [0.3, 0.4) is 0 Å². The van der Waals surface area contributed by atoms with Crippen LogP contribution in [-0.4, -0.2) is 21.2 Å². The summed E-state index contributed by atoms with van der Waals surface area (Å²) in [4.78, 5) is -0.0258. The van der Waals surface area contributed by atoms with Crippen LogP contribution in [0.1, 0.15) is 12.0 Å². The van der Waals surface area contributed by atoms with Crippen molar-refractivity contribution in [2.45, 2.75) is 6.42 Å². The molecule has 0 amide bonds. The Morgan fingerprint density at radius 1 is 1.24 bits per heavy atom. The summed E-state index contributed by atoms with van der Waals surface area (Å²) >= 11 is 0. The molecule has 6 heteroatoms. The first-order valence-corrected chi connectivity index (χ1v) is 6.90. The molecule has 2 rings (SSSR count). The van der Waals surface area contributed by atoms with Gasteiger partial charge in [-0.15, -0.1) is 0 Å². The van der Waals surface area contributed by atoms with Crippen LogP contribution in [0.15, 0.2) is 23.9 Å². The number of benzene rings is 1. The molecule has 1 aromatic carbocycles. The van der Waals surface area contributed by atoms with Gasteiger partial charge >= 0.3 is 0 Å². The van der Waals surface area contributed by atoms with Crippen LogP contribution in [0.4, 0.5) is 8.78 Å². The lowest BCUT2D eigenvalue weighted by Gasteiger charge is -2.24. The quantitative estimate of drug-likeness (QED) is 0.878. The van der Waals surface area contributed by atoms with Crippen LogP contribution >= 0.6 is 0 Å².